The van der Waals surface area contributed by atoms with Crippen molar-refractivity contribution in [3.05, 3.63) is 42.0 Å². The van der Waals surface area contributed by atoms with Gasteiger partial charge in [-0.2, -0.15) is 5.10 Å². The number of halogens is 1. The Morgan fingerprint density at radius 1 is 1.21 bits per heavy atom. The Labute approximate surface area is 82.0 Å². The summed E-state index contributed by atoms with van der Waals surface area (Å²) < 4.78 is 14.8. The van der Waals surface area contributed by atoms with Crippen molar-refractivity contribution in [3.8, 4) is 11.1 Å². The Morgan fingerprint density at radius 2 is 2.00 bits per heavy atom. The van der Waals surface area contributed by atoms with Gasteiger partial charge in [-0.15, -0.1) is 0 Å². The van der Waals surface area contributed by atoms with Gasteiger partial charge in [-0.1, -0.05) is 6.07 Å². The first-order valence-electron chi connectivity index (χ1n) is 4.41. The van der Waals surface area contributed by atoms with Gasteiger partial charge in [0.1, 0.15) is 5.82 Å². The Morgan fingerprint density at radius 3 is 2.57 bits per heavy atom. The fraction of sp³-hybridized carbons (Fsp3) is 0.182. The molecule has 14 heavy (non-hydrogen) atoms. The van der Waals surface area contributed by atoms with E-state index in [1.165, 1.54) is 12.1 Å². The summed E-state index contributed by atoms with van der Waals surface area (Å²) in [6.45, 7) is 1.88. The number of aryl methyl sites for hydroxylation is 2. The van der Waals surface area contributed by atoms with Crippen molar-refractivity contribution in [1.29, 1.82) is 0 Å². The van der Waals surface area contributed by atoms with E-state index in [4.69, 9.17) is 0 Å². The van der Waals surface area contributed by atoms with Crippen LogP contribution < -0.4 is 0 Å². The summed E-state index contributed by atoms with van der Waals surface area (Å²) in [6, 6.07) is 4.98. The van der Waals surface area contributed by atoms with Crippen molar-refractivity contribution < 1.29 is 4.39 Å². The normalized spacial score (nSPS) is 10.5. The zero-order chi connectivity index (χ0) is 10.1. The fourth-order valence-corrected chi connectivity index (χ4v) is 1.47. The summed E-state index contributed by atoms with van der Waals surface area (Å²) >= 11 is 0. The standard InChI is InChI=1S/C11H11FN2/c1-8-3-9(5-11(12)4-8)10-6-13-14(2)7-10/h3-7H,1-2H3. The van der Waals surface area contributed by atoms with Gasteiger partial charge < -0.3 is 0 Å². The molecule has 0 fully saturated rings. The van der Waals surface area contributed by atoms with Gasteiger partial charge in [-0.05, 0) is 30.2 Å². The zero-order valence-corrected chi connectivity index (χ0v) is 8.16. The number of rotatable bonds is 1. The molecule has 0 saturated carbocycles. The quantitative estimate of drug-likeness (QED) is 0.675. The third-order valence-electron chi connectivity index (χ3n) is 2.08. The van der Waals surface area contributed by atoms with E-state index in [1.807, 2.05) is 26.2 Å². The van der Waals surface area contributed by atoms with Gasteiger partial charge in [-0.3, -0.25) is 4.68 Å². The molecule has 0 spiro atoms. The molecule has 2 aromatic rings. The molecule has 72 valence electrons. The van der Waals surface area contributed by atoms with E-state index in [0.717, 1.165) is 16.7 Å². The van der Waals surface area contributed by atoms with Gasteiger partial charge in [0.25, 0.3) is 0 Å². The van der Waals surface area contributed by atoms with Crippen LogP contribution in [0.3, 0.4) is 0 Å². The average Bonchev–Trinajstić information content (AvgIpc) is 2.50. The Hall–Kier alpha value is -1.64. The van der Waals surface area contributed by atoms with Crippen molar-refractivity contribution >= 4 is 0 Å². The minimum absolute atomic E-state index is 0.205. The second-order valence-corrected chi connectivity index (χ2v) is 3.42. The van der Waals surface area contributed by atoms with Crippen LogP contribution in [0.5, 0.6) is 0 Å². The summed E-state index contributed by atoms with van der Waals surface area (Å²) in [5.74, 6) is -0.205. The lowest BCUT2D eigenvalue weighted by Crippen LogP contribution is -1.84. The molecule has 2 rings (SSSR count). The Bertz CT molecular complexity index is 440. The van der Waals surface area contributed by atoms with Crippen molar-refractivity contribution in [3.63, 3.8) is 0 Å². The van der Waals surface area contributed by atoms with Gasteiger partial charge >= 0.3 is 0 Å². The highest BCUT2D eigenvalue weighted by Crippen LogP contribution is 2.20. The van der Waals surface area contributed by atoms with Gasteiger partial charge in [0, 0.05) is 18.8 Å². The summed E-state index contributed by atoms with van der Waals surface area (Å²) in [6.07, 6.45) is 3.60. The molecule has 3 heteroatoms. The average molecular weight is 190 g/mol. The molecule has 0 N–H and O–H groups in total. The van der Waals surface area contributed by atoms with Crippen LogP contribution in [0.15, 0.2) is 30.6 Å². The zero-order valence-electron chi connectivity index (χ0n) is 8.16. The van der Waals surface area contributed by atoms with Crippen molar-refractivity contribution in [2.75, 3.05) is 0 Å². The highest BCUT2D eigenvalue weighted by molar-refractivity contribution is 5.62. The van der Waals surface area contributed by atoms with E-state index < -0.39 is 0 Å². The molecule has 0 bridgehead atoms. The lowest BCUT2D eigenvalue weighted by Gasteiger charge is -1.99. The molecule has 0 saturated heterocycles. The number of hydrogen-bond acceptors (Lipinski definition) is 1. The van der Waals surface area contributed by atoms with Gasteiger partial charge in [-0.25, -0.2) is 4.39 Å². The first-order chi connectivity index (χ1) is 6.65. The van der Waals surface area contributed by atoms with E-state index in [9.17, 15) is 4.39 Å². The van der Waals surface area contributed by atoms with Gasteiger partial charge in [0.05, 0.1) is 6.20 Å². The molecule has 0 radical (unpaired) electrons. The topological polar surface area (TPSA) is 17.8 Å². The largest absolute Gasteiger partial charge is 0.275 e. The van der Waals surface area contributed by atoms with E-state index >= 15 is 0 Å². The van der Waals surface area contributed by atoms with Crippen LogP contribution in [0.25, 0.3) is 11.1 Å². The molecular weight excluding hydrogens is 179 g/mol. The second-order valence-electron chi connectivity index (χ2n) is 3.42. The molecule has 2 nitrogen and oxygen atoms in total. The van der Waals surface area contributed by atoms with Gasteiger partial charge in [0.15, 0.2) is 0 Å². The van der Waals surface area contributed by atoms with Crippen molar-refractivity contribution in [2.45, 2.75) is 6.92 Å². The minimum atomic E-state index is -0.205. The molecule has 1 heterocycles. The lowest BCUT2D eigenvalue weighted by atomic mass is 10.1. The molecular formula is C11H11FN2. The highest BCUT2D eigenvalue weighted by Gasteiger charge is 2.02. The molecule has 1 aromatic heterocycles. The SMILES string of the molecule is Cc1cc(F)cc(-c2cnn(C)c2)c1. The van der Waals surface area contributed by atoms with E-state index in [0.29, 0.717) is 0 Å². The maximum atomic E-state index is 13.1. The molecule has 0 atom stereocenters. The van der Waals surface area contributed by atoms with Crippen molar-refractivity contribution in [1.82, 2.24) is 9.78 Å². The first-order valence-corrected chi connectivity index (χ1v) is 4.41. The summed E-state index contributed by atoms with van der Waals surface area (Å²) in [5, 5.41) is 4.05. The second kappa shape index (κ2) is 3.25. The Kier molecular flexibility index (Phi) is 2.08. The van der Waals surface area contributed by atoms with Crippen LogP contribution in [0.2, 0.25) is 0 Å². The van der Waals surface area contributed by atoms with E-state index in [-0.39, 0.29) is 5.82 Å². The van der Waals surface area contributed by atoms with Crippen LogP contribution in [0, 0.1) is 12.7 Å². The summed E-state index contributed by atoms with van der Waals surface area (Å²) in [7, 11) is 1.84. The Balaban J connectivity index is 2.51. The van der Waals surface area contributed by atoms with Crippen LogP contribution in [0.4, 0.5) is 4.39 Å². The molecule has 0 amide bonds. The van der Waals surface area contributed by atoms with Crippen LogP contribution in [0.1, 0.15) is 5.56 Å². The third kappa shape index (κ3) is 1.66. The molecule has 1 aromatic carbocycles. The van der Waals surface area contributed by atoms with E-state index in [1.54, 1.807) is 10.9 Å². The number of benzene rings is 1. The maximum absolute atomic E-state index is 13.1. The summed E-state index contributed by atoms with van der Waals surface area (Å²) in [4.78, 5) is 0. The molecule has 0 aliphatic heterocycles. The number of hydrogen-bond donors (Lipinski definition) is 0. The minimum Gasteiger partial charge on any atom is -0.275 e. The van der Waals surface area contributed by atoms with Crippen LogP contribution >= 0.6 is 0 Å². The number of nitrogens with zero attached hydrogens (tertiary/aromatic N) is 2. The lowest BCUT2D eigenvalue weighted by molar-refractivity contribution is 0.627. The smallest absolute Gasteiger partial charge is 0.124 e. The molecule has 0 unspecified atom stereocenters. The van der Waals surface area contributed by atoms with Crippen molar-refractivity contribution in [2.24, 2.45) is 7.05 Å². The highest BCUT2D eigenvalue weighted by atomic mass is 19.1. The first kappa shape index (κ1) is 8.94. The number of aromatic nitrogens is 2. The third-order valence-corrected chi connectivity index (χ3v) is 2.08. The predicted octanol–water partition coefficient (Wildman–Crippen LogP) is 2.53. The molecule has 0 aliphatic carbocycles. The van der Waals surface area contributed by atoms with Crippen LogP contribution in [-0.2, 0) is 7.05 Å². The van der Waals surface area contributed by atoms with E-state index in [2.05, 4.69) is 5.10 Å². The van der Waals surface area contributed by atoms with Crippen LogP contribution in [-0.4, -0.2) is 9.78 Å². The monoisotopic (exact) mass is 190 g/mol. The fourth-order valence-electron chi connectivity index (χ4n) is 1.47. The molecule has 0 aliphatic rings. The summed E-state index contributed by atoms with van der Waals surface area (Å²) in [5.41, 5.74) is 2.73. The predicted molar refractivity (Wildman–Crippen MR) is 53.3 cm³/mol. The maximum Gasteiger partial charge on any atom is 0.124 e. The van der Waals surface area contributed by atoms with Gasteiger partial charge in [0.2, 0.25) is 0 Å².